The van der Waals surface area contributed by atoms with Crippen molar-refractivity contribution in [2.24, 2.45) is 11.8 Å². The van der Waals surface area contributed by atoms with Gasteiger partial charge < -0.3 is 19.3 Å². The van der Waals surface area contributed by atoms with E-state index in [1.807, 2.05) is 20.8 Å². The van der Waals surface area contributed by atoms with Crippen LogP contribution in [0.4, 0.5) is 0 Å². The summed E-state index contributed by atoms with van der Waals surface area (Å²) in [6, 6.07) is 0. The minimum atomic E-state index is -1.22. The Labute approximate surface area is 185 Å². The van der Waals surface area contributed by atoms with Crippen molar-refractivity contribution < 1.29 is 33.7 Å². The van der Waals surface area contributed by atoms with E-state index in [0.29, 0.717) is 44.9 Å². The van der Waals surface area contributed by atoms with Crippen molar-refractivity contribution >= 4 is 17.9 Å². The molecule has 6 unspecified atom stereocenters. The first-order valence-corrected chi connectivity index (χ1v) is 11.3. The van der Waals surface area contributed by atoms with Crippen molar-refractivity contribution in [2.75, 3.05) is 0 Å². The minimum Gasteiger partial charge on any atom is -0.459 e. The zero-order valence-electron chi connectivity index (χ0n) is 19.7. The maximum atomic E-state index is 13.0. The number of hydrogen-bond donors (Lipinski definition) is 1. The summed E-state index contributed by atoms with van der Waals surface area (Å²) >= 11 is 0. The molecule has 0 spiro atoms. The second kappa shape index (κ2) is 10.2. The highest BCUT2D eigenvalue weighted by atomic mass is 16.6. The lowest BCUT2D eigenvalue weighted by Crippen LogP contribution is -2.45. The highest BCUT2D eigenvalue weighted by Crippen LogP contribution is 2.40. The molecule has 7 heteroatoms. The summed E-state index contributed by atoms with van der Waals surface area (Å²) in [7, 11) is 0. The van der Waals surface area contributed by atoms with Crippen LogP contribution in [0.15, 0.2) is 11.6 Å². The lowest BCUT2D eigenvalue weighted by Gasteiger charge is -2.36. The predicted molar refractivity (Wildman–Crippen MR) is 115 cm³/mol. The van der Waals surface area contributed by atoms with Gasteiger partial charge in [-0.15, -0.1) is 0 Å². The summed E-state index contributed by atoms with van der Waals surface area (Å²) in [6.07, 6.45) is 4.58. The molecular formula is C24H38O7. The Balaban J connectivity index is 2.45. The Morgan fingerprint density at radius 1 is 1.10 bits per heavy atom. The maximum Gasteiger partial charge on any atom is 0.309 e. The molecule has 6 atom stereocenters. The quantitative estimate of drug-likeness (QED) is 0.397. The molecule has 31 heavy (non-hydrogen) atoms. The Kier molecular flexibility index (Phi) is 8.31. The van der Waals surface area contributed by atoms with E-state index in [-0.39, 0.29) is 11.9 Å². The van der Waals surface area contributed by atoms with Gasteiger partial charge in [0, 0.05) is 13.8 Å². The number of esters is 3. The maximum absolute atomic E-state index is 13.0. The Bertz CT molecular complexity index is 711. The van der Waals surface area contributed by atoms with Crippen LogP contribution in [0.3, 0.4) is 0 Å². The molecule has 176 valence electrons. The van der Waals surface area contributed by atoms with Crippen molar-refractivity contribution in [1.82, 2.24) is 0 Å². The van der Waals surface area contributed by atoms with Crippen molar-refractivity contribution in [3.63, 3.8) is 0 Å². The van der Waals surface area contributed by atoms with E-state index < -0.39 is 41.3 Å². The van der Waals surface area contributed by atoms with Gasteiger partial charge in [0.05, 0.1) is 11.5 Å². The molecule has 2 bridgehead atoms. The third-order valence-corrected chi connectivity index (χ3v) is 6.88. The topological polar surface area (TPSA) is 99.1 Å². The second-order valence-electron chi connectivity index (χ2n) is 9.74. The largest absolute Gasteiger partial charge is 0.459 e. The van der Waals surface area contributed by atoms with Gasteiger partial charge in [-0.05, 0) is 71.6 Å². The number of carbonyl (C=O) groups is 3. The molecule has 1 aliphatic carbocycles. The van der Waals surface area contributed by atoms with Crippen molar-refractivity contribution in [1.29, 1.82) is 0 Å². The smallest absolute Gasteiger partial charge is 0.309 e. The van der Waals surface area contributed by atoms with E-state index in [9.17, 15) is 19.5 Å². The molecule has 0 amide bonds. The van der Waals surface area contributed by atoms with Crippen LogP contribution in [0.2, 0.25) is 0 Å². The highest BCUT2D eigenvalue weighted by molar-refractivity contribution is 5.73. The number of rotatable bonds is 2. The summed E-state index contributed by atoms with van der Waals surface area (Å²) in [6.45, 7) is 10.0. The fourth-order valence-corrected chi connectivity index (χ4v) is 4.66. The van der Waals surface area contributed by atoms with Gasteiger partial charge in [-0.2, -0.15) is 0 Å². The number of carbonyl (C=O) groups excluding carboxylic acids is 3. The SMILES string of the molecule is CC(=O)OC1CC2CCC(C)(OC(=O)C2C)C(OC(C)=O)CCC(C)=CCCC1(C)O. The number of allylic oxidation sites excluding steroid dienone is 2. The van der Waals surface area contributed by atoms with E-state index in [4.69, 9.17) is 14.2 Å². The van der Waals surface area contributed by atoms with Crippen molar-refractivity contribution in [2.45, 2.75) is 110 Å². The first-order valence-electron chi connectivity index (χ1n) is 11.3. The fourth-order valence-electron chi connectivity index (χ4n) is 4.66. The molecule has 1 heterocycles. The summed E-state index contributed by atoms with van der Waals surface area (Å²) in [5.41, 5.74) is -1.05. The van der Waals surface area contributed by atoms with Crippen LogP contribution in [-0.2, 0) is 28.6 Å². The highest BCUT2D eigenvalue weighted by Gasteiger charge is 2.47. The molecule has 0 radical (unpaired) electrons. The van der Waals surface area contributed by atoms with Crippen LogP contribution >= 0.6 is 0 Å². The van der Waals surface area contributed by atoms with Crippen LogP contribution < -0.4 is 0 Å². The average Bonchev–Trinajstić information content (AvgIpc) is 2.75. The van der Waals surface area contributed by atoms with E-state index in [0.717, 1.165) is 5.57 Å². The van der Waals surface area contributed by atoms with Gasteiger partial charge in [0.15, 0.2) is 0 Å². The molecule has 0 saturated carbocycles. The summed E-state index contributed by atoms with van der Waals surface area (Å²) in [5.74, 6) is -1.78. The number of fused-ring (bicyclic) bond motifs is 3. The van der Waals surface area contributed by atoms with Crippen molar-refractivity contribution in [3.05, 3.63) is 11.6 Å². The molecule has 0 aromatic rings. The Morgan fingerprint density at radius 3 is 2.32 bits per heavy atom. The number of ether oxygens (including phenoxy) is 3. The molecule has 1 saturated heterocycles. The molecule has 0 aromatic heterocycles. The standard InChI is InChI=1S/C24H38O7/c1-15-8-7-12-23(5,28)21(30-18(4)26)14-19-11-13-24(6,31-22(27)16(19)2)20(10-9-15)29-17(3)25/h8,16,19-21,28H,7,9-14H2,1-6H3. The molecule has 2 rings (SSSR count). The van der Waals surface area contributed by atoms with Crippen LogP contribution in [0.5, 0.6) is 0 Å². The Morgan fingerprint density at radius 2 is 1.71 bits per heavy atom. The van der Waals surface area contributed by atoms with Crippen LogP contribution in [0.25, 0.3) is 0 Å². The third-order valence-electron chi connectivity index (χ3n) is 6.88. The van der Waals surface area contributed by atoms with Gasteiger partial charge in [-0.1, -0.05) is 18.6 Å². The number of aliphatic hydroxyl groups is 1. The molecular weight excluding hydrogens is 400 g/mol. The first-order chi connectivity index (χ1) is 14.3. The van der Waals surface area contributed by atoms with Crippen LogP contribution in [-0.4, -0.2) is 46.4 Å². The monoisotopic (exact) mass is 438 g/mol. The van der Waals surface area contributed by atoms with Gasteiger partial charge in [-0.25, -0.2) is 0 Å². The van der Waals surface area contributed by atoms with Gasteiger partial charge in [0.2, 0.25) is 0 Å². The van der Waals surface area contributed by atoms with E-state index >= 15 is 0 Å². The average molecular weight is 439 g/mol. The fraction of sp³-hybridized carbons (Fsp3) is 0.792. The van der Waals surface area contributed by atoms with Crippen molar-refractivity contribution in [3.8, 4) is 0 Å². The molecule has 7 nitrogen and oxygen atoms in total. The summed E-state index contributed by atoms with van der Waals surface area (Å²) < 4.78 is 17.1. The van der Waals surface area contributed by atoms with E-state index in [1.54, 1.807) is 6.92 Å². The second-order valence-corrected chi connectivity index (χ2v) is 9.74. The summed E-state index contributed by atoms with van der Waals surface area (Å²) in [5, 5.41) is 11.1. The van der Waals surface area contributed by atoms with E-state index in [2.05, 4.69) is 6.08 Å². The van der Waals surface area contributed by atoms with Gasteiger partial charge >= 0.3 is 17.9 Å². The molecule has 0 aromatic carbocycles. The van der Waals surface area contributed by atoms with Crippen LogP contribution in [0, 0.1) is 11.8 Å². The first kappa shape index (κ1) is 25.4. The lowest BCUT2D eigenvalue weighted by atomic mass is 9.78. The minimum absolute atomic E-state index is 0.136. The zero-order chi connectivity index (χ0) is 23.4. The van der Waals surface area contributed by atoms with Crippen LogP contribution in [0.1, 0.15) is 86.5 Å². The molecule has 1 aliphatic heterocycles. The lowest BCUT2D eigenvalue weighted by molar-refractivity contribution is -0.185. The normalized spacial score (nSPS) is 37.6. The predicted octanol–water partition coefficient (Wildman–Crippen LogP) is 3.86. The zero-order valence-corrected chi connectivity index (χ0v) is 19.7. The third kappa shape index (κ3) is 6.79. The molecule has 2 aliphatic rings. The molecule has 1 fully saturated rings. The summed E-state index contributed by atoms with van der Waals surface area (Å²) in [4.78, 5) is 36.5. The van der Waals surface area contributed by atoms with Gasteiger partial charge in [0.1, 0.15) is 17.8 Å². The van der Waals surface area contributed by atoms with Gasteiger partial charge in [-0.3, -0.25) is 14.4 Å². The molecule has 1 N–H and O–H groups in total. The van der Waals surface area contributed by atoms with E-state index in [1.165, 1.54) is 13.8 Å². The Hall–Kier alpha value is -1.89. The van der Waals surface area contributed by atoms with Gasteiger partial charge in [0.25, 0.3) is 0 Å². The number of hydrogen-bond acceptors (Lipinski definition) is 7.